The highest BCUT2D eigenvalue weighted by atomic mass is 16.3. The SMILES string of the molecule is C#CC(O)C=CCCCCCCC#CCC=CCCCCCCCCCC=CC(O)C#C. The van der Waals surface area contributed by atoms with Crippen molar-refractivity contribution in [3.63, 3.8) is 0 Å². The van der Waals surface area contributed by atoms with Gasteiger partial charge in [0.1, 0.15) is 12.2 Å². The number of terminal acetylenes is 2. The van der Waals surface area contributed by atoms with Gasteiger partial charge in [-0.1, -0.05) is 87.0 Å². The number of aliphatic hydroxyl groups excluding tert-OH is 2. The van der Waals surface area contributed by atoms with Gasteiger partial charge in [-0.3, -0.25) is 0 Å². The van der Waals surface area contributed by atoms with Crippen molar-refractivity contribution in [2.45, 2.75) is 115 Å². The van der Waals surface area contributed by atoms with Crippen molar-refractivity contribution in [1.29, 1.82) is 0 Å². The summed E-state index contributed by atoms with van der Waals surface area (Å²) >= 11 is 0. The number of hydrogen-bond acceptors (Lipinski definition) is 2. The van der Waals surface area contributed by atoms with E-state index in [0.29, 0.717) is 0 Å². The molecule has 0 bridgehead atoms. The Kier molecular flexibility index (Phi) is 23.4. The molecule has 2 unspecified atom stereocenters. The summed E-state index contributed by atoms with van der Waals surface area (Å²) in [5, 5.41) is 18.4. The first-order valence-corrected chi connectivity index (χ1v) is 12.4. The molecule has 0 aromatic carbocycles. The third-order valence-corrected chi connectivity index (χ3v) is 5.15. The molecule has 0 spiro atoms. The van der Waals surface area contributed by atoms with Crippen LogP contribution < -0.4 is 0 Å². The lowest BCUT2D eigenvalue weighted by molar-refractivity contribution is 0.280. The lowest BCUT2D eigenvalue weighted by Crippen LogP contribution is -1.95. The van der Waals surface area contributed by atoms with Crippen molar-refractivity contribution in [3.8, 4) is 36.5 Å². The average Bonchev–Trinajstić information content (AvgIpc) is 2.81. The number of aliphatic hydroxyl groups is 2. The molecule has 0 aliphatic heterocycles. The standard InChI is InChI=1S/C30H44O2/c1-3-29(31)27-25-23-21-19-17-15-13-11-9-7-5-6-8-10-12-14-16-18-20-22-24-26-28-30(32)4-2/h1-2,5-6,25-32H,7-9,11,13-24H2. The average molecular weight is 437 g/mol. The molecule has 176 valence electrons. The van der Waals surface area contributed by atoms with Gasteiger partial charge >= 0.3 is 0 Å². The van der Waals surface area contributed by atoms with Crippen molar-refractivity contribution >= 4 is 0 Å². The smallest absolute Gasteiger partial charge is 0.133 e. The van der Waals surface area contributed by atoms with Crippen LogP contribution in [0.15, 0.2) is 36.5 Å². The molecular weight excluding hydrogens is 392 g/mol. The van der Waals surface area contributed by atoms with Gasteiger partial charge < -0.3 is 10.2 Å². The molecule has 0 rings (SSSR count). The summed E-state index contributed by atoms with van der Waals surface area (Å²) in [6, 6.07) is 0. The van der Waals surface area contributed by atoms with Crippen molar-refractivity contribution in [2.24, 2.45) is 0 Å². The van der Waals surface area contributed by atoms with Crippen LogP contribution in [0.2, 0.25) is 0 Å². The minimum absolute atomic E-state index is 0.729. The molecule has 2 atom stereocenters. The van der Waals surface area contributed by atoms with Crippen molar-refractivity contribution < 1.29 is 10.2 Å². The monoisotopic (exact) mass is 436 g/mol. The van der Waals surface area contributed by atoms with Crippen LogP contribution in [0.1, 0.15) is 103 Å². The lowest BCUT2D eigenvalue weighted by Gasteiger charge is -2.00. The topological polar surface area (TPSA) is 40.5 Å². The van der Waals surface area contributed by atoms with Gasteiger partial charge in [0, 0.05) is 12.8 Å². The fraction of sp³-hybridized carbons (Fsp3) is 0.600. The van der Waals surface area contributed by atoms with Gasteiger partial charge in [0.15, 0.2) is 0 Å². The summed E-state index contributed by atoms with van der Waals surface area (Å²) in [5.74, 6) is 11.1. The molecule has 32 heavy (non-hydrogen) atoms. The maximum Gasteiger partial charge on any atom is 0.133 e. The Morgan fingerprint density at radius 2 is 0.969 bits per heavy atom. The quantitative estimate of drug-likeness (QED) is 0.131. The van der Waals surface area contributed by atoms with E-state index in [2.05, 4.69) is 35.8 Å². The highest BCUT2D eigenvalue weighted by molar-refractivity contribution is 5.07. The van der Waals surface area contributed by atoms with Crippen LogP contribution >= 0.6 is 0 Å². The summed E-state index contributed by atoms with van der Waals surface area (Å²) in [6.07, 6.45) is 39.2. The van der Waals surface area contributed by atoms with E-state index >= 15 is 0 Å². The Balaban J connectivity index is 3.33. The van der Waals surface area contributed by atoms with Crippen LogP contribution in [-0.4, -0.2) is 22.4 Å². The van der Waals surface area contributed by atoms with Gasteiger partial charge in [-0.25, -0.2) is 0 Å². The summed E-state index contributed by atoms with van der Waals surface area (Å²) in [7, 11) is 0. The molecule has 0 saturated heterocycles. The molecule has 0 radical (unpaired) electrons. The zero-order valence-corrected chi connectivity index (χ0v) is 20.0. The number of hydrogen-bond donors (Lipinski definition) is 2. The highest BCUT2D eigenvalue weighted by Crippen LogP contribution is 2.10. The van der Waals surface area contributed by atoms with E-state index in [4.69, 9.17) is 12.8 Å². The van der Waals surface area contributed by atoms with Crippen LogP contribution in [0.25, 0.3) is 0 Å². The van der Waals surface area contributed by atoms with Crippen molar-refractivity contribution in [2.75, 3.05) is 0 Å². The van der Waals surface area contributed by atoms with E-state index in [1.165, 1.54) is 64.2 Å². The number of rotatable bonds is 19. The zero-order chi connectivity index (χ0) is 23.5. The molecule has 2 N–H and O–H groups in total. The molecule has 0 aliphatic rings. The Labute approximate surface area is 198 Å². The first kappa shape index (κ1) is 29.8. The molecule has 0 aliphatic carbocycles. The lowest BCUT2D eigenvalue weighted by atomic mass is 10.1. The summed E-state index contributed by atoms with van der Waals surface area (Å²) < 4.78 is 0. The van der Waals surface area contributed by atoms with Gasteiger partial charge in [0.25, 0.3) is 0 Å². The predicted octanol–water partition coefficient (Wildman–Crippen LogP) is 6.89. The Morgan fingerprint density at radius 3 is 1.47 bits per heavy atom. The molecule has 2 heteroatoms. The number of unbranched alkanes of at least 4 members (excludes halogenated alkanes) is 13. The molecule has 2 nitrogen and oxygen atoms in total. The fourth-order valence-corrected chi connectivity index (χ4v) is 3.22. The Bertz CT molecular complexity index is 645. The minimum atomic E-state index is -0.740. The van der Waals surface area contributed by atoms with Gasteiger partial charge in [-0.2, -0.15) is 0 Å². The number of allylic oxidation sites excluding steroid dienone is 4. The highest BCUT2D eigenvalue weighted by Gasteiger charge is 1.93. The molecule has 0 amide bonds. The summed E-state index contributed by atoms with van der Waals surface area (Å²) in [5.41, 5.74) is 0. The zero-order valence-electron chi connectivity index (χ0n) is 20.0. The predicted molar refractivity (Wildman–Crippen MR) is 139 cm³/mol. The van der Waals surface area contributed by atoms with Gasteiger partial charge in [-0.15, -0.1) is 18.8 Å². The van der Waals surface area contributed by atoms with E-state index in [-0.39, 0.29) is 0 Å². The molecular formula is C30H44O2. The van der Waals surface area contributed by atoms with Crippen LogP contribution in [0.3, 0.4) is 0 Å². The summed E-state index contributed by atoms with van der Waals surface area (Å²) in [4.78, 5) is 0. The van der Waals surface area contributed by atoms with Crippen LogP contribution in [-0.2, 0) is 0 Å². The fourth-order valence-electron chi connectivity index (χ4n) is 3.22. The maximum atomic E-state index is 9.20. The van der Waals surface area contributed by atoms with Crippen molar-refractivity contribution in [1.82, 2.24) is 0 Å². The summed E-state index contributed by atoms with van der Waals surface area (Å²) in [6.45, 7) is 0. The van der Waals surface area contributed by atoms with E-state index < -0.39 is 12.2 Å². The van der Waals surface area contributed by atoms with E-state index in [1.807, 2.05) is 12.2 Å². The van der Waals surface area contributed by atoms with E-state index in [1.54, 1.807) is 12.2 Å². The van der Waals surface area contributed by atoms with Crippen LogP contribution in [0, 0.1) is 36.5 Å². The largest absolute Gasteiger partial charge is 0.377 e. The molecule has 0 fully saturated rings. The third-order valence-electron chi connectivity index (χ3n) is 5.15. The van der Waals surface area contributed by atoms with E-state index in [9.17, 15) is 10.2 Å². The third kappa shape index (κ3) is 24.1. The van der Waals surface area contributed by atoms with Crippen molar-refractivity contribution in [3.05, 3.63) is 36.5 Å². The first-order chi connectivity index (χ1) is 15.7. The molecule has 0 aromatic rings. The van der Waals surface area contributed by atoms with Crippen LogP contribution in [0.5, 0.6) is 0 Å². The van der Waals surface area contributed by atoms with Gasteiger partial charge in [0.05, 0.1) is 0 Å². The Hall–Kier alpha value is -2.18. The van der Waals surface area contributed by atoms with Gasteiger partial charge in [0.2, 0.25) is 0 Å². The second-order valence-corrected chi connectivity index (χ2v) is 8.11. The second kappa shape index (κ2) is 25.1. The normalized spacial score (nSPS) is 13.1. The minimum Gasteiger partial charge on any atom is -0.377 e. The van der Waals surface area contributed by atoms with Gasteiger partial charge in [-0.05, 0) is 57.1 Å². The molecule has 0 aromatic heterocycles. The Morgan fingerprint density at radius 1 is 0.531 bits per heavy atom. The molecule has 0 heterocycles. The maximum absolute atomic E-state index is 9.20. The van der Waals surface area contributed by atoms with Crippen LogP contribution in [0.4, 0.5) is 0 Å². The second-order valence-electron chi connectivity index (χ2n) is 8.11. The first-order valence-electron chi connectivity index (χ1n) is 12.4. The van der Waals surface area contributed by atoms with E-state index in [0.717, 1.165) is 38.5 Å². The molecule has 0 saturated carbocycles.